The van der Waals surface area contributed by atoms with Crippen molar-refractivity contribution in [2.24, 2.45) is 0 Å². The van der Waals surface area contributed by atoms with Crippen LogP contribution in [-0.2, 0) is 14.3 Å². The highest BCUT2D eigenvalue weighted by molar-refractivity contribution is 5.70. The van der Waals surface area contributed by atoms with E-state index in [9.17, 15) is 14.9 Å². The summed E-state index contributed by atoms with van der Waals surface area (Å²) in [6, 6.07) is 3.09. The Balaban J connectivity index is 1.83. The number of hydrogen-bond donors (Lipinski definition) is 0. The minimum Gasteiger partial charge on any atom is -0.467 e. The maximum atomic E-state index is 11.0. The van der Waals surface area contributed by atoms with Gasteiger partial charge in [0.1, 0.15) is 6.61 Å². The molecule has 2 rings (SSSR count). The number of hydrogen-bond acceptors (Lipinski definition) is 7. The van der Waals surface area contributed by atoms with Crippen LogP contribution in [0.4, 0.5) is 11.5 Å². The lowest BCUT2D eigenvalue weighted by molar-refractivity contribution is -0.389. The molecule has 1 saturated heterocycles. The van der Waals surface area contributed by atoms with Crippen LogP contribution >= 0.6 is 0 Å². The molecule has 114 valence electrons. The number of rotatable bonds is 5. The van der Waals surface area contributed by atoms with Gasteiger partial charge in [-0.25, -0.2) is 4.79 Å². The molecule has 0 saturated carbocycles. The summed E-state index contributed by atoms with van der Waals surface area (Å²) in [5.41, 5.74) is 0.854. The Morgan fingerprint density at radius 2 is 2.19 bits per heavy atom. The lowest BCUT2D eigenvalue weighted by atomic mass is 10.1. The Morgan fingerprint density at radius 3 is 2.71 bits per heavy atom. The van der Waals surface area contributed by atoms with Crippen molar-refractivity contribution in [3.05, 3.63) is 28.4 Å². The molecule has 1 aromatic rings. The molecule has 2 heterocycles. The van der Waals surface area contributed by atoms with Gasteiger partial charge < -0.3 is 24.5 Å². The summed E-state index contributed by atoms with van der Waals surface area (Å²) < 4.78 is 9.99. The van der Waals surface area contributed by atoms with Gasteiger partial charge in [-0.1, -0.05) is 0 Å². The molecule has 8 nitrogen and oxygen atoms in total. The second-order valence-electron chi connectivity index (χ2n) is 4.71. The molecule has 0 unspecified atom stereocenters. The highest BCUT2D eigenvalue weighted by atomic mass is 16.6. The van der Waals surface area contributed by atoms with Crippen LogP contribution in [0.1, 0.15) is 12.8 Å². The van der Waals surface area contributed by atoms with Crippen LogP contribution in [0.15, 0.2) is 18.3 Å². The maximum absolute atomic E-state index is 11.0. The number of methoxy groups -OCH3 is 1. The third-order valence-corrected chi connectivity index (χ3v) is 3.39. The van der Waals surface area contributed by atoms with E-state index in [4.69, 9.17) is 4.74 Å². The van der Waals surface area contributed by atoms with E-state index < -0.39 is 4.92 Å². The van der Waals surface area contributed by atoms with Crippen molar-refractivity contribution in [1.29, 1.82) is 0 Å². The van der Waals surface area contributed by atoms with Gasteiger partial charge in [-0.2, -0.15) is 0 Å². The Kier molecular flexibility index (Phi) is 5.04. The number of piperidine rings is 1. The predicted octanol–water partition coefficient (Wildman–Crippen LogP) is 1.15. The highest BCUT2D eigenvalue weighted by Gasteiger charge is 2.22. The highest BCUT2D eigenvalue weighted by Crippen LogP contribution is 2.22. The van der Waals surface area contributed by atoms with Gasteiger partial charge in [-0.05, 0) is 28.8 Å². The van der Waals surface area contributed by atoms with Crippen LogP contribution < -0.4 is 4.90 Å². The van der Waals surface area contributed by atoms with Crippen LogP contribution in [0.25, 0.3) is 0 Å². The molecule has 1 aromatic heterocycles. The molecule has 1 aliphatic rings. The fourth-order valence-corrected chi connectivity index (χ4v) is 2.20. The molecule has 8 heteroatoms. The van der Waals surface area contributed by atoms with E-state index in [1.165, 1.54) is 19.4 Å². The zero-order valence-electron chi connectivity index (χ0n) is 11.7. The molecule has 0 aliphatic carbocycles. The lowest BCUT2D eigenvalue weighted by Gasteiger charge is -2.32. The molecule has 1 fully saturated rings. The molecule has 0 bridgehead atoms. The van der Waals surface area contributed by atoms with Crippen LogP contribution in [-0.4, -0.2) is 48.8 Å². The molecule has 21 heavy (non-hydrogen) atoms. The van der Waals surface area contributed by atoms with E-state index in [0.717, 1.165) is 31.6 Å². The summed E-state index contributed by atoms with van der Waals surface area (Å²) in [4.78, 5) is 26.9. The summed E-state index contributed by atoms with van der Waals surface area (Å²) in [6.07, 6.45) is 3.11. The van der Waals surface area contributed by atoms with Gasteiger partial charge in [0.15, 0.2) is 6.20 Å². The molecule has 0 N–H and O–H groups in total. The number of carbonyl (C=O) groups excluding carboxylic acids is 1. The Morgan fingerprint density at radius 1 is 1.48 bits per heavy atom. The second-order valence-corrected chi connectivity index (χ2v) is 4.71. The number of ether oxygens (including phenoxy) is 2. The average molecular weight is 295 g/mol. The predicted molar refractivity (Wildman–Crippen MR) is 74.1 cm³/mol. The largest absolute Gasteiger partial charge is 0.467 e. The van der Waals surface area contributed by atoms with Crippen molar-refractivity contribution in [3.63, 3.8) is 0 Å². The Hall–Kier alpha value is -2.22. The Labute approximate surface area is 121 Å². The third-order valence-electron chi connectivity index (χ3n) is 3.39. The normalized spacial score (nSPS) is 15.8. The minimum absolute atomic E-state index is 0.0275. The van der Waals surface area contributed by atoms with Crippen LogP contribution in [0.5, 0.6) is 0 Å². The first-order valence-electron chi connectivity index (χ1n) is 6.64. The quantitative estimate of drug-likeness (QED) is 0.457. The molecule has 0 spiro atoms. The topological polar surface area (TPSA) is 94.8 Å². The zero-order chi connectivity index (χ0) is 15.2. The zero-order valence-corrected chi connectivity index (χ0v) is 11.7. The number of nitrogens with zero attached hydrogens (tertiary/aromatic N) is 3. The van der Waals surface area contributed by atoms with Crippen molar-refractivity contribution < 1.29 is 19.2 Å². The summed E-state index contributed by atoms with van der Waals surface area (Å²) in [5, 5.41) is 10.6. The van der Waals surface area contributed by atoms with E-state index in [2.05, 4.69) is 14.6 Å². The summed E-state index contributed by atoms with van der Waals surface area (Å²) >= 11 is 0. The number of nitro groups is 1. The van der Waals surface area contributed by atoms with E-state index in [0.29, 0.717) is 0 Å². The molecule has 1 aliphatic heterocycles. The van der Waals surface area contributed by atoms with Gasteiger partial charge in [-0.15, -0.1) is 0 Å². The van der Waals surface area contributed by atoms with Crippen LogP contribution in [0.2, 0.25) is 0 Å². The fourth-order valence-electron chi connectivity index (χ4n) is 2.20. The van der Waals surface area contributed by atoms with Crippen LogP contribution in [0, 0.1) is 10.1 Å². The first-order chi connectivity index (χ1) is 10.1. The molecular weight excluding hydrogens is 278 g/mol. The number of aromatic nitrogens is 1. The standard InChI is InChI=1S/C13H17N3O5/c1-20-13(17)9-21-11-4-6-15(7-5-11)10-2-3-12(14-8-10)16(18)19/h2-3,8,11H,4-7,9H2,1H3. The monoisotopic (exact) mass is 295 g/mol. The van der Waals surface area contributed by atoms with E-state index in [1.807, 2.05) is 0 Å². The van der Waals surface area contributed by atoms with Gasteiger partial charge in [0.25, 0.3) is 0 Å². The lowest BCUT2D eigenvalue weighted by Crippen LogP contribution is -2.37. The Bertz CT molecular complexity index is 497. The van der Waals surface area contributed by atoms with Crippen molar-refractivity contribution in [3.8, 4) is 0 Å². The summed E-state index contributed by atoms with van der Waals surface area (Å²) in [5.74, 6) is -0.535. The number of anilines is 1. The van der Waals surface area contributed by atoms with Crippen molar-refractivity contribution in [2.75, 3.05) is 31.7 Å². The SMILES string of the molecule is COC(=O)COC1CCN(c2ccc([N+](=O)[O-])nc2)CC1. The first-order valence-corrected chi connectivity index (χ1v) is 6.64. The van der Waals surface area contributed by atoms with Crippen molar-refractivity contribution in [2.45, 2.75) is 18.9 Å². The minimum atomic E-state index is -0.517. The van der Waals surface area contributed by atoms with E-state index in [1.54, 1.807) is 6.07 Å². The third kappa shape index (κ3) is 4.12. The van der Waals surface area contributed by atoms with Crippen molar-refractivity contribution in [1.82, 2.24) is 4.98 Å². The fraction of sp³-hybridized carbons (Fsp3) is 0.538. The molecule has 0 aromatic carbocycles. The number of pyridine rings is 1. The molecule has 0 radical (unpaired) electrons. The smallest absolute Gasteiger partial charge is 0.363 e. The average Bonchev–Trinajstić information content (AvgIpc) is 2.53. The molecule has 0 atom stereocenters. The molecule has 0 amide bonds. The summed E-state index contributed by atoms with van der Waals surface area (Å²) in [6.45, 7) is 1.48. The van der Waals surface area contributed by atoms with Gasteiger partial charge in [0.05, 0.1) is 18.9 Å². The van der Waals surface area contributed by atoms with E-state index in [-0.39, 0.29) is 24.5 Å². The van der Waals surface area contributed by atoms with Crippen molar-refractivity contribution >= 4 is 17.5 Å². The van der Waals surface area contributed by atoms with Gasteiger partial charge >= 0.3 is 11.8 Å². The number of esters is 1. The van der Waals surface area contributed by atoms with E-state index >= 15 is 0 Å². The number of carbonyl (C=O) groups is 1. The van der Waals surface area contributed by atoms with Gasteiger partial charge in [-0.3, -0.25) is 0 Å². The first kappa shape index (κ1) is 15.2. The second kappa shape index (κ2) is 6.98. The maximum Gasteiger partial charge on any atom is 0.363 e. The summed E-state index contributed by atoms with van der Waals surface area (Å²) in [7, 11) is 1.33. The molecular formula is C13H17N3O5. The van der Waals surface area contributed by atoms with Gasteiger partial charge in [0, 0.05) is 19.2 Å². The van der Waals surface area contributed by atoms with Gasteiger partial charge in [0.2, 0.25) is 0 Å². The van der Waals surface area contributed by atoms with Crippen LogP contribution in [0.3, 0.4) is 0 Å².